The van der Waals surface area contributed by atoms with Crippen LogP contribution >= 0.6 is 0 Å². The maximum absolute atomic E-state index is 11.8. The van der Waals surface area contributed by atoms with Gasteiger partial charge in [-0.15, -0.1) is 0 Å². The molecule has 0 saturated heterocycles. The number of hydrogen-bond acceptors (Lipinski definition) is 5. The fraction of sp³-hybridized carbons (Fsp3) is 0.750. The Balaban J connectivity index is 4.79. The highest BCUT2D eigenvalue weighted by Gasteiger charge is 2.32. The van der Waals surface area contributed by atoms with Crippen molar-refractivity contribution in [2.24, 2.45) is 0 Å². The van der Waals surface area contributed by atoms with Gasteiger partial charge in [-0.25, -0.2) is 14.4 Å². The molecule has 0 aromatic rings. The summed E-state index contributed by atoms with van der Waals surface area (Å²) in [6.45, 7) is 8.02. The van der Waals surface area contributed by atoms with E-state index in [4.69, 9.17) is 9.47 Å². The highest BCUT2D eigenvalue weighted by molar-refractivity contribution is 6.02. The van der Waals surface area contributed by atoms with Crippen LogP contribution in [-0.4, -0.2) is 55.2 Å². The monoisotopic (exact) mass is 274 g/mol. The zero-order valence-electron chi connectivity index (χ0n) is 11.9. The van der Waals surface area contributed by atoms with Crippen LogP contribution in [0.3, 0.4) is 0 Å². The SMILES string of the molecule is CCOC(=O)C(NC(=O)N(CC)CC)C(=O)OCC. The van der Waals surface area contributed by atoms with Crippen LogP contribution in [0.4, 0.5) is 4.79 Å². The molecule has 110 valence electrons. The van der Waals surface area contributed by atoms with Crippen molar-refractivity contribution in [3.05, 3.63) is 0 Å². The quantitative estimate of drug-likeness (QED) is 0.541. The van der Waals surface area contributed by atoms with Gasteiger partial charge in [0.1, 0.15) is 0 Å². The number of carbonyl (C=O) groups excluding carboxylic acids is 3. The van der Waals surface area contributed by atoms with Crippen LogP contribution < -0.4 is 5.32 Å². The average molecular weight is 274 g/mol. The number of nitrogens with zero attached hydrogens (tertiary/aromatic N) is 1. The average Bonchev–Trinajstić information content (AvgIpc) is 2.37. The number of esters is 2. The number of hydrogen-bond donors (Lipinski definition) is 1. The molecule has 7 heteroatoms. The molecular formula is C12H22N2O5. The second-order valence-electron chi connectivity index (χ2n) is 3.56. The molecule has 0 rings (SSSR count). The third-order valence-electron chi connectivity index (χ3n) is 2.36. The van der Waals surface area contributed by atoms with Crippen molar-refractivity contribution in [2.75, 3.05) is 26.3 Å². The summed E-state index contributed by atoms with van der Waals surface area (Å²) in [6, 6.07) is -1.93. The van der Waals surface area contributed by atoms with Gasteiger partial charge in [-0.2, -0.15) is 0 Å². The van der Waals surface area contributed by atoms with Gasteiger partial charge in [-0.3, -0.25) is 0 Å². The first kappa shape index (κ1) is 17.2. The normalized spacial score (nSPS) is 9.95. The summed E-state index contributed by atoms with van der Waals surface area (Å²) in [5.41, 5.74) is 0. The summed E-state index contributed by atoms with van der Waals surface area (Å²) in [4.78, 5) is 36.6. The van der Waals surface area contributed by atoms with Gasteiger partial charge < -0.3 is 19.7 Å². The van der Waals surface area contributed by atoms with E-state index in [1.807, 2.05) is 0 Å². The van der Waals surface area contributed by atoms with Crippen LogP contribution in [0.1, 0.15) is 27.7 Å². The van der Waals surface area contributed by atoms with E-state index in [1.54, 1.807) is 27.7 Å². The van der Waals surface area contributed by atoms with Crippen molar-refractivity contribution in [1.29, 1.82) is 0 Å². The molecule has 0 saturated carbocycles. The minimum atomic E-state index is -1.42. The zero-order chi connectivity index (χ0) is 14.8. The molecular weight excluding hydrogens is 252 g/mol. The summed E-state index contributed by atoms with van der Waals surface area (Å²) in [5, 5.41) is 2.33. The molecule has 7 nitrogen and oxygen atoms in total. The van der Waals surface area contributed by atoms with Crippen molar-refractivity contribution >= 4 is 18.0 Å². The van der Waals surface area contributed by atoms with Crippen LogP contribution in [0.5, 0.6) is 0 Å². The van der Waals surface area contributed by atoms with E-state index in [2.05, 4.69) is 5.32 Å². The Morgan fingerprint density at radius 2 is 1.37 bits per heavy atom. The minimum absolute atomic E-state index is 0.121. The molecule has 0 atom stereocenters. The standard InChI is InChI=1S/C12H22N2O5/c1-5-14(6-2)12(17)13-9(10(15)18-7-3)11(16)19-8-4/h9H,5-8H2,1-4H3,(H,13,17). The first-order chi connectivity index (χ1) is 9.01. The first-order valence-electron chi connectivity index (χ1n) is 6.40. The largest absolute Gasteiger partial charge is 0.464 e. The Morgan fingerprint density at radius 1 is 0.947 bits per heavy atom. The zero-order valence-corrected chi connectivity index (χ0v) is 11.9. The molecule has 0 aromatic heterocycles. The van der Waals surface area contributed by atoms with Crippen molar-refractivity contribution in [3.8, 4) is 0 Å². The Morgan fingerprint density at radius 3 is 1.68 bits per heavy atom. The lowest BCUT2D eigenvalue weighted by Gasteiger charge is -2.22. The lowest BCUT2D eigenvalue weighted by atomic mass is 10.3. The predicted molar refractivity (Wildman–Crippen MR) is 68.5 cm³/mol. The van der Waals surface area contributed by atoms with Crippen molar-refractivity contribution in [3.63, 3.8) is 0 Å². The summed E-state index contributed by atoms with van der Waals surface area (Å²) >= 11 is 0. The van der Waals surface area contributed by atoms with E-state index < -0.39 is 24.0 Å². The number of ether oxygens (including phenoxy) is 2. The molecule has 0 spiro atoms. The van der Waals surface area contributed by atoms with Crippen LogP contribution in [0.2, 0.25) is 0 Å². The molecule has 0 fully saturated rings. The molecule has 0 bridgehead atoms. The van der Waals surface area contributed by atoms with Crippen LogP contribution in [-0.2, 0) is 19.1 Å². The van der Waals surface area contributed by atoms with Gasteiger partial charge in [0.15, 0.2) is 0 Å². The van der Waals surface area contributed by atoms with Crippen LogP contribution in [0, 0.1) is 0 Å². The fourth-order valence-electron chi connectivity index (χ4n) is 1.39. The van der Waals surface area contributed by atoms with Gasteiger partial charge in [0.2, 0.25) is 6.04 Å². The first-order valence-corrected chi connectivity index (χ1v) is 6.40. The third-order valence-corrected chi connectivity index (χ3v) is 2.36. The lowest BCUT2D eigenvalue weighted by Crippen LogP contribution is -2.52. The Labute approximate surface area is 113 Å². The van der Waals surface area contributed by atoms with E-state index in [0.29, 0.717) is 13.1 Å². The molecule has 2 amide bonds. The molecule has 1 N–H and O–H groups in total. The fourth-order valence-corrected chi connectivity index (χ4v) is 1.39. The van der Waals surface area contributed by atoms with Gasteiger partial charge in [-0.05, 0) is 27.7 Å². The summed E-state index contributed by atoms with van der Waals surface area (Å²) in [5.74, 6) is -1.64. The predicted octanol–water partition coefficient (Wildman–Crippen LogP) is 0.533. The van der Waals surface area contributed by atoms with Crippen molar-refractivity contribution in [1.82, 2.24) is 10.2 Å². The smallest absolute Gasteiger partial charge is 0.340 e. The van der Waals surface area contributed by atoms with Gasteiger partial charge >= 0.3 is 18.0 Å². The van der Waals surface area contributed by atoms with Crippen molar-refractivity contribution in [2.45, 2.75) is 33.7 Å². The van der Waals surface area contributed by atoms with E-state index >= 15 is 0 Å². The third kappa shape index (κ3) is 5.58. The van der Waals surface area contributed by atoms with Gasteiger partial charge in [-0.1, -0.05) is 0 Å². The topological polar surface area (TPSA) is 84.9 Å². The molecule has 0 radical (unpaired) electrons. The van der Waals surface area contributed by atoms with Crippen LogP contribution in [0.15, 0.2) is 0 Å². The number of rotatable bonds is 7. The number of nitrogens with one attached hydrogen (secondary N) is 1. The summed E-state index contributed by atoms with van der Waals surface area (Å²) in [7, 11) is 0. The molecule has 0 aliphatic rings. The maximum Gasteiger partial charge on any atom is 0.340 e. The maximum atomic E-state index is 11.8. The van der Waals surface area contributed by atoms with Gasteiger partial charge in [0.05, 0.1) is 13.2 Å². The molecule has 0 heterocycles. The van der Waals surface area contributed by atoms with Crippen molar-refractivity contribution < 1.29 is 23.9 Å². The highest BCUT2D eigenvalue weighted by Crippen LogP contribution is 1.97. The Hall–Kier alpha value is -1.79. The molecule has 19 heavy (non-hydrogen) atoms. The molecule has 0 aliphatic heterocycles. The van der Waals surface area contributed by atoms with Crippen LogP contribution in [0.25, 0.3) is 0 Å². The number of amides is 2. The second kappa shape index (κ2) is 9.18. The molecule has 0 unspecified atom stereocenters. The minimum Gasteiger partial charge on any atom is -0.464 e. The number of carbonyl (C=O) groups is 3. The Bertz CT molecular complexity index is 297. The van der Waals surface area contributed by atoms with E-state index in [0.717, 1.165) is 0 Å². The highest BCUT2D eigenvalue weighted by atomic mass is 16.6. The summed E-state index contributed by atoms with van der Waals surface area (Å²) in [6.07, 6.45) is 0. The van der Waals surface area contributed by atoms with E-state index in [1.165, 1.54) is 4.90 Å². The van der Waals surface area contributed by atoms with E-state index in [-0.39, 0.29) is 13.2 Å². The summed E-state index contributed by atoms with van der Waals surface area (Å²) < 4.78 is 9.49. The second-order valence-corrected chi connectivity index (χ2v) is 3.56. The van der Waals surface area contributed by atoms with Gasteiger partial charge in [0.25, 0.3) is 0 Å². The number of urea groups is 1. The van der Waals surface area contributed by atoms with Gasteiger partial charge in [0, 0.05) is 13.1 Å². The Kier molecular flexibility index (Phi) is 8.32. The lowest BCUT2D eigenvalue weighted by molar-refractivity contribution is -0.157. The van der Waals surface area contributed by atoms with E-state index in [9.17, 15) is 14.4 Å². The molecule has 0 aliphatic carbocycles. The molecule has 0 aromatic carbocycles.